The molecule has 0 atom stereocenters. The summed E-state index contributed by atoms with van der Waals surface area (Å²) in [6.45, 7) is 24.9. The molecule has 2 aromatic heterocycles. The van der Waals surface area contributed by atoms with Crippen LogP contribution in [0.25, 0.3) is 53.2 Å². The Labute approximate surface area is 439 Å². The predicted octanol–water partition coefficient (Wildman–Crippen LogP) is 18.0. The minimum absolute atomic E-state index is 0.00899. The number of rotatable bonds is 5. The Morgan fingerprint density at radius 1 is 0.486 bits per heavy atom. The summed E-state index contributed by atoms with van der Waals surface area (Å²) in [4.78, 5) is 4.91. The topological polar surface area (TPSA) is 28.9 Å². The quantitative estimate of drug-likeness (QED) is 0.161. The van der Waals surface area contributed by atoms with Crippen molar-refractivity contribution < 1.29 is 9.15 Å². The summed E-state index contributed by atoms with van der Waals surface area (Å²) in [5, 5.41) is 4.54. The van der Waals surface area contributed by atoms with Gasteiger partial charge < -0.3 is 19.0 Å². The van der Waals surface area contributed by atoms with E-state index in [9.17, 15) is 0 Å². The van der Waals surface area contributed by atoms with E-state index in [0.29, 0.717) is 0 Å². The van der Waals surface area contributed by atoms with Crippen LogP contribution in [-0.2, 0) is 16.2 Å². The number of thiophene rings is 1. The van der Waals surface area contributed by atoms with Gasteiger partial charge in [-0.2, -0.15) is 0 Å². The van der Waals surface area contributed by atoms with Gasteiger partial charge in [0.05, 0.1) is 16.8 Å². The fourth-order valence-electron chi connectivity index (χ4n) is 11.9. The van der Waals surface area contributed by atoms with Crippen LogP contribution >= 0.6 is 11.3 Å². The van der Waals surface area contributed by atoms with Crippen LogP contribution < -0.4 is 30.9 Å². The first-order valence-electron chi connectivity index (χ1n) is 26.2. The van der Waals surface area contributed by atoms with Crippen molar-refractivity contribution in [3.8, 4) is 22.6 Å². The summed E-state index contributed by atoms with van der Waals surface area (Å²) < 4.78 is 17.3. The van der Waals surface area contributed by atoms with E-state index >= 15 is 0 Å². The van der Waals surface area contributed by atoms with Crippen molar-refractivity contribution in [2.45, 2.75) is 92.4 Å². The van der Waals surface area contributed by atoms with Gasteiger partial charge in [0.25, 0.3) is 6.71 Å². The second-order valence-corrected chi connectivity index (χ2v) is 25.1. The van der Waals surface area contributed by atoms with Crippen LogP contribution in [-0.4, -0.2) is 6.71 Å². The minimum atomic E-state index is -0.0906. The molecule has 6 heteroatoms. The number of aryl methyl sites for hydroxylation is 2. The Bertz CT molecular complexity index is 4010. The van der Waals surface area contributed by atoms with Crippen LogP contribution in [0.2, 0.25) is 0 Å². The van der Waals surface area contributed by atoms with E-state index < -0.39 is 0 Å². The molecule has 0 amide bonds. The van der Waals surface area contributed by atoms with E-state index in [1.165, 1.54) is 69.9 Å². The average molecular weight is 981 g/mol. The first kappa shape index (κ1) is 46.3. The molecule has 9 aromatic carbocycles. The zero-order valence-electron chi connectivity index (χ0n) is 44.4. The molecule has 2 aliphatic heterocycles. The molecule has 74 heavy (non-hydrogen) atoms. The van der Waals surface area contributed by atoms with Crippen LogP contribution in [0.5, 0.6) is 11.5 Å². The monoisotopic (exact) mass is 980 g/mol. The number of hydrogen-bond donors (Lipinski definition) is 0. The number of nitrogens with zero attached hydrogens (tertiary/aromatic N) is 2. The van der Waals surface area contributed by atoms with Gasteiger partial charge in [-0.1, -0.05) is 171 Å². The highest BCUT2D eigenvalue weighted by molar-refractivity contribution is 7.26. The molecule has 0 aliphatic carbocycles. The zero-order chi connectivity index (χ0) is 51.2. The average Bonchev–Trinajstić information content (AvgIpc) is 3.98. The van der Waals surface area contributed by atoms with Gasteiger partial charge in [0.1, 0.15) is 17.1 Å². The van der Waals surface area contributed by atoms with Crippen molar-refractivity contribution in [2.24, 2.45) is 0 Å². The van der Waals surface area contributed by atoms with Gasteiger partial charge in [-0.05, 0) is 147 Å². The normalized spacial score (nSPS) is 13.4. The van der Waals surface area contributed by atoms with E-state index in [1.807, 2.05) is 11.3 Å². The molecule has 2 aliphatic rings. The fraction of sp³-hybridized carbons (Fsp3) is 0.206. The summed E-state index contributed by atoms with van der Waals surface area (Å²) in [6.07, 6.45) is 0. The number of fused-ring (bicyclic) bond motifs is 11. The molecule has 0 unspecified atom stereocenters. The molecular formula is C68H61BN2O2S. The summed E-state index contributed by atoms with van der Waals surface area (Å²) in [6, 6.07) is 63.7. The summed E-state index contributed by atoms with van der Waals surface area (Å²) >= 11 is 1.84. The first-order chi connectivity index (χ1) is 35.4. The SMILES string of the molecule is Cc1cc(C)cc(-c2cc3c4c(c2)N(c2ccc(N(c5ccc(C(C)(C)C)cc5)c5ccc(C(C)(C)C)cc5)c5oc6ccccc6c25)c2ccc(C(C)(C)C)cc2B4c2ccc4sc5ccccc5c4c2O3)c1. The van der Waals surface area contributed by atoms with Gasteiger partial charge in [0.15, 0.2) is 5.58 Å². The third-order valence-electron chi connectivity index (χ3n) is 15.6. The molecule has 0 bridgehead atoms. The number of ether oxygens (including phenoxy) is 1. The van der Waals surface area contributed by atoms with Crippen LogP contribution in [0.4, 0.5) is 34.1 Å². The second kappa shape index (κ2) is 16.5. The molecule has 0 saturated carbocycles. The van der Waals surface area contributed by atoms with Gasteiger partial charge in [0, 0.05) is 48.3 Å². The van der Waals surface area contributed by atoms with Crippen LogP contribution in [0.1, 0.15) is 90.1 Å². The summed E-state index contributed by atoms with van der Waals surface area (Å²) in [5.74, 6) is 1.85. The Hall–Kier alpha value is -7.54. The minimum Gasteiger partial charge on any atom is -0.458 e. The van der Waals surface area contributed by atoms with Crippen LogP contribution in [0, 0.1) is 13.8 Å². The van der Waals surface area contributed by atoms with Crippen molar-refractivity contribution in [1.29, 1.82) is 0 Å². The molecule has 11 aromatic rings. The van der Waals surface area contributed by atoms with Crippen molar-refractivity contribution in [1.82, 2.24) is 0 Å². The molecule has 0 spiro atoms. The number of hydrogen-bond acceptors (Lipinski definition) is 5. The molecule has 0 fully saturated rings. The lowest BCUT2D eigenvalue weighted by molar-refractivity contribution is 0.494. The highest BCUT2D eigenvalue weighted by Crippen LogP contribution is 2.52. The lowest BCUT2D eigenvalue weighted by Gasteiger charge is -2.41. The van der Waals surface area contributed by atoms with Gasteiger partial charge in [-0.25, -0.2) is 0 Å². The molecule has 364 valence electrons. The van der Waals surface area contributed by atoms with Crippen molar-refractivity contribution in [2.75, 3.05) is 9.80 Å². The van der Waals surface area contributed by atoms with E-state index in [2.05, 4.69) is 256 Å². The molecule has 4 nitrogen and oxygen atoms in total. The number of anilines is 6. The lowest BCUT2D eigenvalue weighted by Crippen LogP contribution is -2.59. The lowest BCUT2D eigenvalue weighted by atomic mass is 9.34. The Balaban J connectivity index is 1.11. The highest BCUT2D eigenvalue weighted by Gasteiger charge is 2.44. The first-order valence-corrected chi connectivity index (χ1v) is 27.0. The Morgan fingerprint density at radius 3 is 1.74 bits per heavy atom. The van der Waals surface area contributed by atoms with E-state index in [-0.39, 0.29) is 23.0 Å². The number of benzene rings is 9. The molecule has 0 saturated heterocycles. The van der Waals surface area contributed by atoms with Crippen molar-refractivity contribution in [3.63, 3.8) is 0 Å². The third-order valence-corrected chi connectivity index (χ3v) is 16.8. The van der Waals surface area contributed by atoms with Gasteiger partial charge in [-0.15, -0.1) is 11.3 Å². The number of para-hydroxylation sites is 1. The van der Waals surface area contributed by atoms with E-state index in [0.717, 1.165) is 73.1 Å². The molecule has 0 N–H and O–H groups in total. The Morgan fingerprint density at radius 2 is 1.08 bits per heavy atom. The maximum Gasteiger partial charge on any atom is 0.256 e. The van der Waals surface area contributed by atoms with Crippen molar-refractivity contribution >= 4 is 111 Å². The zero-order valence-corrected chi connectivity index (χ0v) is 45.2. The molecule has 0 radical (unpaired) electrons. The van der Waals surface area contributed by atoms with Crippen LogP contribution in [0.3, 0.4) is 0 Å². The molecule has 13 rings (SSSR count). The van der Waals surface area contributed by atoms with Gasteiger partial charge in [0.2, 0.25) is 0 Å². The highest BCUT2D eigenvalue weighted by atomic mass is 32.1. The molecule has 4 heterocycles. The smallest absolute Gasteiger partial charge is 0.256 e. The maximum absolute atomic E-state index is 7.53. The number of furan rings is 1. The Kier molecular flexibility index (Phi) is 10.3. The van der Waals surface area contributed by atoms with Gasteiger partial charge >= 0.3 is 0 Å². The van der Waals surface area contributed by atoms with E-state index in [1.54, 1.807) is 0 Å². The second-order valence-electron chi connectivity index (χ2n) is 24.0. The summed E-state index contributed by atoms with van der Waals surface area (Å²) in [5.41, 5.74) is 20.2. The predicted molar refractivity (Wildman–Crippen MR) is 318 cm³/mol. The molecular weight excluding hydrogens is 920 g/mol. The third kappa shape index (κ3) is 7.39. The van der Waals surface area contributed by atoms with Crippen molar-refractivity contribution in [3.05, 3.63) is 198 Å². The van der Waals surface area contributed by atoms with E-state index in [4.69, 9.17) is 9.15 Å². The fourth-order valence-corrected chi connectivity index (χ4v) is 13.0. The van der Waals surface area contributed by atoms with Gasteiger partial charge in [-0.3, -0.25) is 0 Å². The standard InChI is InChI=1S/C68H61BN2O2S/c1-40-34-41(2)36-42(35-40)43-37-56-63-58(38-43)73-64-51(29-33-60-62(64)50-17-13-15-19-59(50)74-60)69(63)52-39-46(68(9,10)11)24-30-53(52)71(56)54-31-32-55(65-61(54)49-16-12-14-18-57(49)72-65)70(47-25-20-44(21-26-47)66(3,4)5)48-27-22-45(23-28-48)67(6,7)8/h12-39H,1-11H3. The maximum atomic E-state index is 7.53. The summed E-state index contributed by atoms with van der Waals surface area (Å²) in [7, 11) is 0. The van der Waals surface area contributed by atoms with Crippen LogP contribution in [0.15, 0.2) is 174 Å². The largest absolute Gasteiger partial charge is 0.458 e.